The second-order valence-corrected chi connectivity index (χ2v) is 4.68. The SMILES string of the molecule is CCn1c(Cc2ccc(N)cc2)nc2ccccc21. The van der Waals surface area contributed by atoms with Crippen molar-refractivity contribution in [2.75, 3.05) is 5.73 Å². The van der Waals surface area contributed by atoms with Crippen LogP contribution >= 0.6 is 0 Å². The van der Waals surface area contributed by atoms with Gasteiger partial charge >= 0.3 is 0 Å². The fourth-order valence-corrected chi connectivity index (χ4v) is 2.43. The highest BCUT2D eigenvalue weighted by molar-refractivity contribution is 5.76. The maximum atomic E-state index is 5.72. The van der Waals surface area contributed by atoms with Crippen molar-refractivity contribution in [2.45, 2.75) is 19.9 Å². The summed E-state index contributed by atoms with van der Waals surface area (Å²) in [6.45, 7) is 3.09. The van der Waals surface area contributed by atoms with Crippen molar-refractivity contribution in [3.05, 3.63) is 59.9 Å². The summed E-state index contributed by atoms with van der Waals surface area (Å²) in [6, 6.07) is 16.3. The van der Waals surface area contributed by atoms with Crippen LogP contribution in [0.25, 0.3) is 11.0 Å². The molecule has 0 unspecified atom stereocenters. The first-order valence-electron chi connectivity index (χ1n) is 6.56. The molecule has 0 spiro atoms. The molecule has 0 radical (unpaired) electrons. The van der Waals surface area contributed by atoms with Crippen LogP contribution in [0.1, 0.15) is 18.3 Å². The van der Waals surface area contributed by atoms with Crippen molar-refractivity contribution in [2.24, 2.45) is 0 Å². The largest absolute Gasteiger partial charge is 0.399 e. The van der Waals surface area contributed by atoms with Gasteiger partial charge in [0.2, 0.25) is 0 Å². The Hall–Kier alpha value is -2.29. The van der Waals surface area contributed by atoms with Crippen molar-refractivity contribution in [1.82, 2.24) is 9.55 Å². The van der Waals surface area contributed by atoms with Crippen molar-refractivity contribution in [3.63, 3.8) is 0 Å². The molecule has 96 valence electrons. The van der Waals surface area contributed by atoms with Crippen LogP contribution in [0.15, 0.2) is 48.5 Å². The molecule has 0 amide bonds. The van der Waals surface area contributed by atoms with Crippen molar-refractivity contribution < 1.29 is 0 Å². The highest BCUT2D eigenvalue weighted by Gasteiger charge is 2.09. The number of aryl methyl sites for hydroxylation is 1. The molecule has 0 saturated carbocycles. The quantitative estimate of drug-likeness (QED) is 0.726. The van der Waals surface area contributed by atoms with Crippen LogP contribution in [0.5, 0.6) is 0 Å². The molecule has 1 heterocycles. The van der Waals surface area contributed by atoms with Crippen molar-refractivity contribution in [3.8, 4) is 0 Å². The van der Waals surface area contributed by atoms with E-state index in [1.54, 1.807) is 0 Å². The van der Waals surface area contributed by atoms with Gasteiger partial charge in [0.05, 0.1) is 11.0 Å². The summed E-state index contributed by atoms with van der Waals surface area (Å²) < 4.78 is 2.27. The monoisotopic (exact) mass is 251 g/mol. The number of aromatic nitrogens is 2. The minimum absolute atomic E-state index is 0.799. The molecule has 0 aliphatic heterocycles. The topological polar surface area (TPSA) is 43.8 Å². The number of anilines is 1. The Morgan fingerprint density at radius 2 is 1.79 bits per heavy atom. The van der Waals surface area contributed by atoms with E-state index in [4.69, 9.17) is 10.7 Å². The smallest absolute Gasteiger partial charge is 0.114 e. The van der Waals surface area contributed by atoms with E-state index in [0.717, 1.165) is 30.0 Å². The zero-order valence-corrected chi connectivity index (χ0v) is 11.0. The Balaban J connectivity index is 2.02. The van der Waals surface area contributed by atoms with E-state index in [2.05, 4.69) is 41.8 Å². The lowest BCUT2D eigenvalue weighted by Gasteiger charge is -2.06. The van der Waals surface area contributed by atoms with Gasteiger partial charge in [-0.05, 0) is 36.8 Å². The lowest BCUT2D eigenvalue weighted by atomic mass is 10.1. The standard InChI is InChI=1S/C16H17N3/c1-2-19-15-6-4-3-5-14(15)18-16(19)11-12-7-9-13(17)10-8-12/h3-10H,2,11,17H2,1H3. The van der Waals surface area contributed by atoms with Crippen molar-refractivity contribution in [1.29, 1.82) is 0 Å². The summed E-state index contributed by atoms with van der Waals surface area (Å²) in [4.78, 5) is 4.73. The Kier molecular flexibility index (Phi) is 2.95. The molecular weight excluding hydrogens is 234 g/mol. The Morgan fingerprint density at radius 1 is 1.05 bits per heavy atom. The second-order valence-electron chi connectivity index (χ2n) is 4.68. The molecule has 0 saturated heterocycles. The van der Waals surface area contributed by atoms with Gasteiger partial charge in [-0.2, -0.15) is 0 Å². The van der Waals surface area contributed by atoms with Crippen LogP contribution in [-0.2, 0) is 13.0 Å². The van der Waals surface area contributed by atoms with Crippen LogP contribution < -0.4 is 5.73 Å². The van der Waals surface area contributed by atoms with Gasteiger partial charge in [0.1, 0.15) is 5.82 Å². The lowest BCUT2D eigenvalue weighted by Crippen LogP contribution is -2.02. The number of para-hydroxylation sites is 2. The van der Waals surface area contributed by atoms with Gasteiger partial charge in [-0.1, -0.05) is 24.3 Å². The number of hydrogen-bond donors (Lipinski definition) is 1. The van der Waals surface area contributed by atoms with E-state index >= 15 is 0 Å². The third-order valence-electron chi connectivity index (χ3n) is 3.39. The summed E-state index contributed by atoms with van der Waals surface area (Å²) >= 11 is 0. The maximum absolute atomic E-state index is 5.72. The zero-order chi connectivity index (χ0) is 13.2. The van der Waals surface area contributed by atoms with Crippen LogP contribution in [0, 0.1) is 0 Å². The number of rotatable bonds is 3. The maximum Gasteiger partial charge on any atom is 0.114 e. The minimum atomic E-state index is 0.799. The summed E-state index contributed by atoms with van der Waals surface area (Å²) in [5.41, 5.74) is 10.0. The summed E-state index contributed by atoms with van der Waals surface area (Å²) in [5, 5.41) is 0. The van der Waals surface area contributed by atoms with E-state index in [9.17, 15) is 0 Å². The molecular formula is C16H17N3. The Morgan fingerprint density at radius 3 is 2.53 bits per heavy atom. The number of fused-ring (bicyclic) bond motifs is 1. The van der Waals surface area contributed by atoms with E-state index in [1.807, 2.05) is 18.2 Å². The molecule has 0 aliphatic carbocycles. The number of imidazole rings is 1. The molecule has 19 heavy (non-hydrogen) atoms. The highest BCUT2D eigenvalue weighted by atomic mass is 15.1. The van der Waals surface area contributed by atoms with E-state index in [0.29, 0.717) is 0 Å². The number of nitrogens with zero attached hydrogens (tertiary/aromatic N) is 2. The third-order valence-corrected chi connectivity index (χ3v) is 3.39. The van der Waals surface area contributed by atoms with Crippen LogP contribution in [0.2, 0.25) is 0 Å². The highest BCUT2D eigenvalue weighted by Crippen LogP contribution is 2.18. The molecule has 3 aromatic rings. The van der Waals surface area contributed by atoms with Gasteiger partial charge in [0.25, 0.3) is 0 Å². The number of nitrogens with two attached hydrogens (primary N) is 1. The fraction of sp³-hybridized carbons (Fsp3) is 0.188. The summed E-state index contributed by atoms with van der Waals surface area (Å²) in [5.74, 6) is 1.11. The summed E-state index contributed by atoms with van der Waals surface area (Å²) in [6.07, 6.45) is 0.836. The first-order chi connectivity index (χ1) is 9.28. The fourth-order valence-electron chi connectivity index (χ4n) is 2.43. The molecule has 2 aromatic carbocycles. The molecule has 2 N–H and O–H groups in total. The van der Waals surface area contributed by atoms with Gasteiger partial charge in [-0.25, -0.2) is 4.98 Å². The normalized spacial score (nSPS) is 11.0. The number of benzene rings is 2. The van der Waals surface area contributed by atoms with Gasteiger partial charge < -0.3 is 10.3 Å². The van der Waals surface area contributed by atoms with Crippen LogP contribution in [0.4, 0.5) is 5.69 Å². The van der Waals surface area contributed by atoms with Gasteiger partial charge in [0.15, 0.2) is 0 Å². The molecule has 3 heteroatoms. The molecule has 3 nitrogen and oxygen atoms in total. The van der Waals surface area contributed by atoms with Crippen LogP contribution in [0.3, 0.4) is 0 Å². The average Bonchev–Trinajstić information content (AvgIpc) is 2.78. The van der Waals surface area contributed by atoms with Crippen LogP contribution in [-0.4, -0.2) is 9.55 Å². The number of hydrogen-bond acceptors (Lipinski definition) is 2. The van der Waals surface area contributed by atoms with E-state index in [1.165, 1.54) is 11.1 Å². The lowest BCUT2D eigenvalue weighted by molar-refractivity contribution is 0.733. The predicted octanol–water partition coefficient (Wildman–Crippen LogP) is 3.23. The van der Waals surface area contributed by atoms with Gasteiger partial charge in [-0.15, -0.1) is 0 Å². The second kappa shape index (κ2) is 4.76. The predicted molar refractivity (Wildman–Crippen MR) is 79.1 cm³/mol. The minimum Gasteiger partial charge on any atom is -0.399 e. The molecule has 1 aromatic heterocycles. The Labute approximate surface area is 112 Å². The molecule has 3 rings (SSSR count). The van der Waals surface area contributed by atoms with Gasteiger partial charge in [-0.3, -0.25) is 0 Å². The molecule has 0 aliphatic rings. The summed E-state index contributed by atoms with van der Waals surface area (Å²) in [7, 11) is 0. The molecule has 0 atom stereocenters. The average molecular weight is 251 g/mol. The van der Waals surface area contributed by atoms with Crippen molar-refractivity contribution >= 4 is 16.7 Å². The molecule has 0 fully saturated rings. The first-order valence-corrected chi connectivity index (χ1v) is 6.56. The van der Waals surface area contributed by atoms with E-state index in [-0.39, 0.29) is 0 Å². The van der Waals surface area contributed by atoms with Gasteiger partial charge in [0, 0.05) is 18.7 Å². The van der Waals surface area contributed by atoms with E-state index < -0.39 is 0 Å². The third kappa shape index (κ3) is 2.19. The number of nitrogen functional groups attached to an aromatic ring is 1. The first kappa shape index (κ1) is 11.8. The zero-order valence-electron chi connectivity index (χ0n) is 11.0. The Bertz CT molecular complexity index is 696. The molecule has 0 bridgehead atoms.